The van der Waals surface area contributed by atoms with Crippen LogP contribution in [0.25, 0.3) is 0 Å². The third-order valence-corrected chi connectivity index (χ3v) is 4.33. The Kier molecular flexibility index (Phi) is 4.90. The van der Waals surface area contributed by atoms with Crippen LogP contribution in [0, 0.1) is 6.92 Å². The molecule has 6 nitrogen and oxygen atoms in total. The fraction of sp³-hybridized carbons (Fsp3) is 0.235. The van der Waals surface area contributed by atoms with Crippen molar-refractivity contribution in [2.45, 2.75) is 26.9 Å². The van der Waals surface area contributed by atoms with Crippen LogP contribution in [0.15, 0.2) is 40.1 Å². The molecule has 0 bridgehead atoms. The predicted octanol–water partition coefficient (Wildman–Crippen LogP) is 3.83. The van der Waals surface area contributed by atoms with Crippen LogP contribution in [-0.4, -0.2) is 16.1 Å². The second-order valence-corrected chi connectivity index (χ2v) is 6.03. The van der Waals surface area contributed by atoms with Gasteiger partial charge in [0.25, 0.3) is 11.8 Å². The summed E-state index contributed by atoms with van der Waals surface area (Å²) in [5.41, 5.74) is 1.78. The Balaban J connectivity index is 1.59. The van der Waals surface area contributed by atoms with Crippen molar-refractivity contribution in [2.75, 3.05) is 5.32 Å². The van der Waals surface area contributed by atoms with Crippen LogP contribution in [0.3, 0.4) is 0 Å². The summed E-state index contributed by atoms with van der Waals surface area (Å²) < 4.78 is 10.8. The molecular formula is C17H17N3O3S. The van der Waals surface area contributed by atoms with Gasteiger partial charge in [0.05, 0.1) is 4.88 Å². The van der Waals surface area contributed by atoms with E-state index in [-0.39, 0.29) is 12.5 Å². The van der Waals surface area contributed by atoms with Crippen molar-refractivity contribution in [2.24, 2.45) is 0 Å². The Hall–Kier alpha value is -2.67. The van der Waals surface area contributed by atoms with E-state index in [2.05, 4.69) is 15.5 Å². The number of aryl methyl sites for hydroxylation is 2. The van der Waals surface area contributed by atoms with Crippen LogP contribution in [0.2, 0.25) is 0 Å². The number of rotatable bonds is 6. The largest absolute Gasteiger partial charge is 0.484 e. The number of anilines is 1. The minimum Gasteiger partial charge on any atom is -0.484 e. The smallest absolute Gasteiger partial charge is 0.266 e. The van der Waals surface area contributed by atoms with Crippen LogP contribution in [-0.2, 0) is 13.0 Å². The van der Waals surface area contributed by atoms with E-state index in [0.717, 1.165) is 22.5 Å². The predicted molar refractivity (Wildman–Crippen MR) is 91.5 cm³/mol. The highest BCUT2D eigenvalue weighted by atomic mass is 32.1. The molecule has 24 heavy (non-hydrogen) atoms. The minimum atomic E-state index is -0.0862. The SMILES string of the molecule is CCc1ccsc1C(=O)Nc1ccc(OCc2nnc(C)o2)cc1. The molecule has 0 saturated carbocycles. The number of hydrogen-bond acceptors (Lipinski definition) is 6. The topological polar surface area (TPSA) is 77.2 Å². The number of nitrogens with zero attached hydrogens (tertiary/aromatic N) is 2. The first-order valence-corrected chi connectivity index (χ1v) is 8.43. The van der Waals surface area contributed by atoms with Crippen molar-refractivity contribution < 1.29 is 13.9 Å². The Morgan fingerprint density at radius 2 is 2.04 bits per heavy atom. The molecule has 2 heterocycles. The number of nitrogens with one attached hydrogen (secondary N) is 1. The van der Waals surface area contributed by atoms with Crippen molar-refractivity contribution in [1.29, 1.82) is 0 Å². The summed E-state index contributed by atoms with van der Waals surface area (Å²) in [5, 5.41) is 12.4. The molecule has 0 aliphatic heterocycles. The first-order chi connectivity index (χ1) is 11.7. The number of carbonyl (C=O) groups is 1. The molecule has 1 amide bonds. The molecule has 1 aromatic carbocycles. The highest BCUT2D eigenvalue weighted by Crippen LogP contribution is 2.21. The van der Waals surface area contributed by atoms with Gasteiger partial charge in [-0.05, 0) is 47.7 Å². The quantitative estimate of drug-likeness (QED) is 0.736. The summed E-state index contributed by atoms with van der Waals surface area (Å²) in [5.74, 6) is 1.51. The molecule has 1 N–H and O–H groups in total. The number of aromatic nitrogens is 2. The molecule has 0 saturated heterocycles. The number of ether oxygens (including phenoxy) is 1. The summed E-state index contributed by atoms with van der Waals surface area (Å²) in [6.45, 7) is 3.98. The molecule has 0 radical (unpaired) electrons. The average Bonchev–Trinajstić information content (AvgIpc) is 3.22. The van der Waals surface area contributed by atoms with Gasteiger partial charge in [-0.25, -0.2) is 0 Å². The maximum atomic E-state index is 12.3. The van der Waals surface area contributed by atoms with E-state index in [4.69, 9.17) is 9.15 Å². The number of carbonyl (C=O) groups excluding carboxylic acids is 1. The van der Waals surface area contributed by atoms with Gasteiger partial charge in [-0.3, -0.25) is 4.79 Å². The first-order valence-electron chi connectivity index (χ1n) is 7.55. The fourth-order valence-corrected chi connectivity index (χ4v) is 3.07. The molecule has 0 aliphatic rings. The Labute approximate surface area is 143 Å². The van der Waals surface area contributed by atoms with E-state index in [1.54, 1.807) is 31.2 Å². The molecule has 2 aromatic heterocycles. The lowest BCUT2D eigenvalue weighted by Crippen LogP contribution is -2.11. The average molecular weight is 343 g/mol. The van der Waals surface area contributed by atoms with Gasteiger partial charge >= 0.3 is 0 Å². The van der Waals surface area contributed by atoms with Gasteiger partial charge < -0.3 is 14.5 Å². The second-order valence-electron chi connectivity index (χ2n) is 5.11. The summed E-state index contributed by atoms with van der Waals surface area (Å²) in [6, 6.07) is 9.15. The van der Waals surface area contributed by atoms with Gasteiger partial charge in [-0.2, -0.15) is 0 Å². The zero-order chi connectivity index (χ0) is 16.9. The molecule has 0 fully saturated rings. The Morgan fingerprint density at radius 1 is 1.25 bits per heavy atom. The van der Waals surface area contributed by atoms with Gasteiger partial charge in [0.2, 0.25) is 5.89 Å². The van der Waals surface area contributed by atoms with Crippen LogP contribution < -0.4 is 10.1 Å². The van der Waals surface area contributed by atoms with Crippen LogP contribution in [0.4, 0.5) is 5.69 Å². The number of amides is 1. The van der Waals surface area contributed by atoms with Crippen LogP contribution in [0.1, 0.15) is 33.9 Å². The lowest BCUT2D eigenvalue weighted by atomic mass is 10.2. The standard InChI is InChI=1S/C17H17N3O3S/c1-3-12-8-9-24-16(12)17(21)18-13-4-6-14(7-5-13)22-10-15-20-19-11(2)23-15/h4-9H,3,10H2,1-2H3,(H,18,21). The Morgan fingerprint density at radius 3 is 2.71 bits per heavy atom. The van der Waals surface area contributed by atoms with E-state index >= 15 is 0 Å². The highest BCUT2D eigenvalue weighted by Gasteiger charge is 2.12. The summed E-state index contributed by atoms with van der Waals surface area (Å²) in [6.07, 6.45) is 0.841. The Bertz CT molecular complexity index is 824. The van der Waals surface area contributed by atoms with Crippen molar-refractivity contribution >= 4 is 22.9 Å². The van der Waals surface area contributed by atoms with Gasteiger partial charge in [0, 0.05) is 12.6 Å². The molecule has 0 atom stereocenters. The van der Waals surface area contributed by atoms with E-state index in [0.29, 0.717) is 17.5 Å². The van der Waals surface area contributed by atoms with Crippen molar-refractivity contribution in [1.82, 2.24) is 10.2 Å². The lowest BCUT2D eigenvalue weighted by molar-refractivity contribution is 0.103. The molecule has 0 aliphatic carbocycles. The molecule has 124 valence electrons. The normalized spacial score (nSPS) is 10.6. The van der Waals surface area contributed by atoms with E-state index < -0.39 is 0 Å². The summed E-state index contributed by atoms with van der Waals surface area (Å²) in [7, 11) is 0. The second kappa shape index (κ2) is 7.27. The third kappa shape index (κ3) is 3.80. The number of thiophene rings is 1. The van der Waals surface area contributed by atoms with Gasteiger partial charge in [0.1, 0.15) is 5.75 Å². The molecule has 3 rings (SSSR count). The van der Waals surface area contributed by atoms with E-state index in [1.165, 1.54) is 11.3 Å². The zero-order valence-electron chi connectivity index (χ0n) is 13.4. The van der Waals surface area contributed by atoms with E-state index in [1.807, 2.05) is 18.4 Å². The van der Waals surface area contributed by atoms with Crippen molar-refractivity contribution in [3.8, 4) is 5.75 Å². The number of hydrogen-bond donors (Lipinski definition) is 1. The van der Waals surface area contributed by atoms with Crippen molar-refractivity contribution in [3.05, 3.63) is 57.9 Å². The van der Waals surface area contributed by atoms with Gasteiger partial charge in [-0.15, -0.1) is 21.5 Å². The molecular weight excluding hydrogens is 326 g/mol. The monoisotopic (exact) mass is 343 g/mol. The molecule has 0 unspecified atom stereocenters. The van der Waals surface area contributed by atoms with E-state index in [9.17, 15) is 4.79 Å². The summed E-state index contributed by atoms with van der Waals surface area (Å²) in [4.78, 5) is 13.0. The zero-order valence-corrected chi connectivity index (χ0v) is 14.2. The molecule has 7 heteroatoms. The van der Waals surface area contributed by atoms with Gasteiger partial charge in [0.15, 0.2) is 6.61 Å². The van der Waals surface area contributed by atoms with Crippen molar-refractivity contribution in [3.63, 3.8) is 0 Å². The maximum Gasteiger partial charge on any atom is 0.266 e. The van der Waals surface area contributed by atoms with Crippen LogP contribution in [0.5, 0.6) is 5.75 Å². The maximum absolute atomic E-state index is 12.3. The van der Waals surface area contributed by atoms with Crippen LogP contribution >= 0.6 is 11.3 Å². The minimum absolute atomic E-state index is 0.0862. The fourth-order valence-electron chi connectivity index (χ4n) is 2.18. The third-order valence-electron chi connectivity index (χ3n) is 3.38. The lowest BCUT2D eigenvalue weighted by Gasteiger charge is -2.07. The first kappa shape index (κ1) is 16.2. The van der Waals surface area contributed by atoms with Gasteiger partial charge in [-0.1, -0.05) is 6.92 Å². The highest BCUT2D eigenvalue weighted by molar-refractivity contribution is 7.12. The molecule has 0 spiro atoms. The molecule has 3 aromatic rings. The number of benzene rings is 1. The summed E-state index contributed by atoms with van der Waals surface area (Å²) >= 11 is 1.45.